The quantitative estimate of drug-likeness (QED) is 0.558. The van der Waals surface area contributed by atoms with E-state index in [1.807, 2.05) is 27.7 Å². The van der Waals surface area contributed by atoms with Gasteiger partial charge in [0.2, 0.25) is 0 Å². The lowest BCUT2D eigenvalue weighted by Gasteiger charge is -1.76. The molecule has 0 spiro atoms. The van der Waals surface area contributed by atoms with Crippen molar-refractivity contribution < 1.29 is 4.42 Å². The number of aromatic nitrogens is 1. The van der Waals surface area contributed by atoms with Crippen molar-refractivity contribution in [1.29, 1.82) is 0 Å². The number of hydrogen-bond acceptors (Lipinski definition) is 2. The van der Waals surface area contributed by atoms with Crippen LogP contribution < -0.4 is 0 Å². The Kier molecular flexibility index (Phi) is 7.56. The minimum Gasteiger partial charge on any atom is -0.449 e. The van der Waals surface area contributed by atoms with Gasteiger partial charge in [0.25, 0.3) is 0 Å². The van der Waals surface area contributed by atoms with Crippen molar-refractivity contribution in [2.75, 3.05) is 0 Å². The van der Waals surface area contributed by atoms with Gasteiger partial charge >= 0.3 is 0 Å². The van der Waals surface area contributed by atoms with Crippen LogP contribution in [0.25, 0.3) is 0 Å². The first kappa shape index (κ1) is 11.9. The van der Waals surface area contributed by atoms with E-state index in [-0.39, 0.29) is 7.43 Å². The zero-order valence-electron chi connectivity index (χ0n) is 6.43. The molecule has 0 bridgehead atoms. The Balaban J connectivity index is 0. The van der Waals surface area contributed by atoms with E-state index in [1.54, 1.807) is 0 Å². The fourth-order valence-corrected chi connectivity index (χ4v) is 0.361. The van der Waals surface area contributed by atoms with E-state index < -0.39 is 0 Å². The zero-order valence-corrected chi connectivity index (χ0v) is 6.43. The number of rotatable bonds is 0. The summed E-state index contributed by atoms with van der Waals surface area (Å²) in [7, 11) is 0. The number of oxazole rings is 1. The average Bonchev–Trinajstić information content (AvgIpc) is 2.23. The molecule has 0 aromatic carbocycles. The molecular formula is C8H17NO. The Morgan fingerprint density at radius 3 is 1.90 bits per heavy atom. The van der Waals surface area contributed by atoms with E-state index in [1.165, 1.54) is 6.39 Å². The third-order valence-corrected chi connectivity index (χ3v) is 0.985. The van der Waals surface area contributed by atoms with Crippen molar-refractivity contribution in [2.45, 2.75) is 35.1 Å². The van der Waals surface area contributed by atoms with Gasteiger partial charge in [-0.2, -0.15) is 0 Å². The standard InChI is InChI=1S/C5H7NO.C2H6.CH4/c1-4-5(2)7-3-6-4;1-2;/h3H,1-2H3;1-2H3;1H4. The van der Waals surface area contributed by atoms with Crippen LogP contribution in [0.2, 0.25) is 0 Å². The summed E-state index contributed by atoms with van der Waals surface area (Å²) < 4.78 is 4.85. The van der Waals surface area contributed by atoms with Crippen LogP contribution in [-0.2, 0) is 0 Å². The van der Waals surface area contributed by atoms with E-state index in [0.29, 0.717) is 0 Å². The second-order valence-corrected chi connectivity index (χ2v) is 1.49. The molecule has 0 atom stereocenters. The second kappa shape index (κ2) is 6.33. The van der Waals surface area contributed by atoms with Crippen LogP contribution in [0, 0.1) is 13.8 Å². The van der Waals surface area contributed by atoms with Gasteiger partial charge in [-0.15, -0.1) is 0 Å². The lowest BCUT2D eigenvalue weighted by atomic mass is 10.4. The molecule has 0 aliphatic heterocycles. The van der Waals surface area contributed by atoms with Gasteiger partial charge in [-0.1, -0.05) is 21.3 Å². The van der Waals surface area contributed by atoms with Crippen LogP contribution in [0.3, 0.4) is 0 Å². The van der Waals surface area contributed by atoms with Crippen LogP contribution >= 0.6 is 0 Å². The first-order valence-corrected chi connectivity index (χ1v) is 3.17. The van der Waals surface area contributed by atoms with E-state index >= 15 is 0 Å². The molecule has 0 saturated heterocycles. The maximum atomic E-state index is 4.85. The summed E-state index contributed by atoms with van der Waals surface area (Å²) >= 11 is 0. The van der Waals surface area contributed by atoms with Gasteiger partial charge in [0.15, 0.2) is 6.39 Å². The monoisotopic (exact) mass is 143 g/mol. The van der Waals surface area contributed by atoms with Crippen LogP contribution in [0.4, 0.5) is 0 Å². The normalized spacial score (nSPS) is 7.20. The van der Waals surface area contributed by atoms with Crippen molar-refractivity contribution in [3.63, 3.8) is 0 Å². The smallest absolute Gasteiger partial charge is 0.181 e. The van der Waals surface area contributed by atoms with Crippen molar-refractivity contribution in [3.05, 3.63) is 17.8 Å². The molecule has 2 nitrogen and oxygen atoms in total. The molecule has 1 aromatic heterocycles. The molecular weight excluding hydrogens is 126 g/mol. The number of aryl methyl sites for hydroxylation is 2. The number of nitrogens with zero attached hydrogens (tertiary/aromatic N) is 1. The van der Waals surface area contributed by atoms with E-state index in [4.69, 9.17) is 4.42 Å². The predicted molar refractivity (Wildman–Crippen MR) is 44.1 cm³/mol. The Bertz CT molecular complexity index is 142. The van der Waals surface area contributed by atoms with E-state index in [9.17, 15) is 0 Å². The highest BCUT2D eigenvalue weighted by molar-refractivity contribution is 5.00. The highest BCUT2D eigenvalue weighted by Crippen LogP contribution is 1.99. The lowest BCUT2D eigenvalue weighted by molar-refractivity contribution is 0.525. The summed E-state index contributed by atoms with van der Waals surface area (Å²) in [6.45, 7) is 7.81. The maximum absolute atomic E-state index is 4.85. The fraction of sp³-hybridized carbons (Fsp3) is 0.625. The Morgan fingerprint density at radius 2 is 1.80 bits per heavy atom. The third kappa shape index (κ3) is 3.28. The first-order valence-electron chi connectivity index (χ1n) is 3.17. The van der Waals surface area contributed by atoms with Gasteiger partial charge in [0.1, 0.15) is 5.76 Å². The zero-order chi connectivity index (χ0) is 7.28. The van der Waals surface area contributed by atoms with Crippen molar-refractivity contribution in [2.24, 2.45) is 0 Å². The molecule has 0 aliphatic carbocycles. The summed E-state index contributed by atoms with van der Waals surface area (Å²) in [5, 5.41) is 0. The third-order valence-electron chi connectivity index (χ3n) is 0.985. The van der Waals surface area contributed by atoms with Gasteiger partial charge in [-0.05, 0) is 13.8 Å². The summed E-state index contributed by atoms with van der Waals surface area (Å²) in [4.78, 5) is 3.85. The lowest BCUT2D eigenvalue weighted by Crippen LogP contribution is -1.69. The van der Waals surface area contributed by atoms with Crippen LogP contribution in [0.1, 0.15) is 32.7 Å². The Hall–Kier alpha value is -0.790. The molecule has 0 aliphatic rings. The molecule has 0 fully saturated rings. The highest BCUT2D eigenvalue weighted by atomic mass is 16.3. The molecule has 10 heavy (non-hydrogen) atoms. The Labute approximate surface area is 63.3 Å². The summed E-state index contributed by atoms with van der Waals surface area (Å²) in [6.07, 6.45) is 1.45. The molecule has 1 rings (SSSR count). The van der Waals surface area contributed by atoms with Crippen LogP contribution in [0.5, 0.6) is 0 Å². The molecule has 60 valence electrons. The van der Waals surface area contributed by atoms with Gasteiger partial charge in [0.05, 0.1) is 5.69 Å². The minimum absolute atomic E-state index is 0. The fourth-order valence-electron chi connectivity index (χ4n) is 0.361. The molecule has 0 amide bonds. The predicted octanol–water partition coefficient (Wildman–Crippen LogP) is 2.95. The molecule has 0 unspecified atom stereocenters. The topological polar surface area (TPSA) is 26.0 Å². The van der Waals surface area contributed by atoms with Crippen molar-refractivity contribution in [1.82, 2.24) is 4.98 Å². The summed E-state index contributed by atoms with van der Waals surface area (Å²) in [6, 6.07) is 0. The van der Waals surface area contributed by atoms with Gasteiger partial charge in [-0.3, -0.25) is 0 Å². The van der Waals surface area contributed by atoms with Crippen molar-refractivity contribution in [3.8, 4) is 0 Å². The largest absolute Gasteiger partial charge is 0.449 e. The molecule has 1 heterocycles. The van der Waals surface area contributed by atoms with E-state index in [0.717, 1.165) is 11.5 Å². The van der Waals surface area contributed by atoms with Gasteiger partial charge in [0, 0.05) is 0 Å². The average molecular weight is 143 g/mol. The van der Waals surface area contributed by atoms with Gasteiger partial charge in [-0.25, -0.2) is 4.98 Å². The van der Waals surface area contributed by atoms with E-state index in [2.05, 4.69) is 4.98 Å². The maximum Gasteiger partial charge on any atom is 0.181 e. The van der Waals surface area contributed by atoms with Crippen LogP contribution in [0.15, 0.2) is 10.8 Å². The Morgan fingerprint density at radius 1 is 1.30 bits per heavy atom. The molecule has 0 N–H and O–H groups in total. The molecule has 2 heteroatoms. The number of hydrogen-bond donors (Lipinski definition) is 0. The minimum atomic E-state index is 0. The van der Waals surface area contributed by atoms with Crippen molar-refractivity contribution >= 4 is 0 Å². The molecule has 0 radical (unpaired) electrons. The first-order chi connectivity index (χ1) is 4.30. The highest BCUT2D eigenvalue weighted by Gasteiger charge is 1.90. The molecule has 0 saturated carbocycles. The SMILES string of the molecule is C.CC.Cc1ncoc1C. The van der Waals surface area contributed by atoms with Crippen LogP contribution in [-0.4, -0.2) is 4.98 Å². The summed E-state index contributed by atoms with van der Waals surface area (Å²) in [5.41, 5.74) is 0.972. The summed E-state index contributed by atoms with van der Waals surface area (Å²) in [5.74, 6) is 0.903. The molecule has 1 aromatic rings. The second-order valence-electron chi connectivity index (χ2n) is 1.49. The van der Waals surface area contributed by atoms with Gasteiger partial charge < -0.3 is 4.42 Å².